The standard InChI is InChI=1S/C32H32O11/c1-35-24-7-17(8-25(36-2)30(24)39-5)15-41-32(34)29-20(14-33)9-18-10-22-23(43-16-42-22)13-21(18)28(29)19-11-26(37-3)31(40-6)27(12-19)38-4/h7-14,28-29H,15-16H2,1-6H3/t28-,29-/m1/s1. The summed E-state index contributed by atoms with van der Waals surface area (Å²) in [5, 5.41) is 0. The van der Waals surface area contributed by atoms with Crippen molar-refractivity contribution in [2.75, 3.05) is 49.5 Å². The fourth-order valence-corrected chi connectivity index (χ4v) is 5.50. The lowest BCUT2D eigenvalue weighted by atomic mass is 9.71. The maximum Gasteiger partial charge on any atom is 0.314 e. The summed E-state index contributed by atoms with van der Waals surface area (Å²) in [6.07, 6.45) is 2.34. The number of aldehydes is 1. The molecule has 0 bridgehead atoms. The van der Waals surface area contributed by atoms with Crippen molar-refractivity contribution in [3.63, 3.8) is 0 Å². The van der Waals surface area contributed by atoms with Crippen LogP contribution in [0.4, 0.5) is 0 Å². The van der Waals surface area contributed by atoms with E-state index in [2.05, 4.69) is 0 Å². The fourth-order valence-electron chi connectivity index (χ4n) is 5.50. The average molecular weight is 593 g/mol. The van der Waals surface area contributed by atoms with Gasteiger partial charge < -0.3 is 42.6 Å². The second-order valence-corrected chi connectivity index (χ2v) is 9.65. The van der Waals surface area contributed by atoms with Crippen LogP contribution in [-0.4, -0.2) is 61.7 Å². The van der Waals surface area contributed by atoms with Crippen molar-refractivity contribution in [2.45, 2.75) is 12.5 Å². The van der Waals surface area contributed by atoms with Gasteiger partial charge in [-0.25, -0.2) is 0 Å². The third-order valence-electron chi connectivity index (χ3n) is 7.47. The summed E-state index contributed by atoms with van der Waals surface area (Å²) in [6, 6.07) is 10.5. The van der Waals surface area contributed by atoms with Crippen LogP contribution in [0.2, 0.25) is 0 Å². The first-order valence-corrected chi connectivity index (χ1v) is 13.3. The van der Waals surface area contributed by atoms with Crippen LogP contribution in [0.25, 0.3) is 6.08 Å². The number of hydrogen-bond acceptors (Lipinski definition) is 11. The van der Waals surface area contributed by atoms with Crippen LogP contribution in [0, 0.1) is 5.92 Å². The normalized spacial score (nSPS) is 16.4. The molecule has 0 saturated carbocycles. The van der Waals surface area contributed by atoms with Gasteiger partial charge in [0, 0.05) is 11.5 Å². The first-order chi connectivity index (χ1) is 20.9. The lowest BCUT2D eigenvalue weighted by Crippen LogP contribution is -2.30. The van der Waals surface area contributed by atoms with Gasteiger partial charge in [-0.1, -0.05) is 0 Å². The van der Waals surface area contributed by atoms with Crippen LogP contribution in [0.15, 0.2) is 42.0 Å². The molecule has 0 saturated heterocycles. The van der Waals surface area contributed by atoms with Gasteiger partial charge in [0.2, 0.25) is 18.3 Å². The Kier molecular flexibility index (Phi) is 8.51. The van der Waals surface area contributed by atoms with Gasteiger partial charge in [0.1, 0.15) is 12.9 Å². The molecule has 226 valence electrons. The number of esters is 1. The van der Waals surface area contributed by atoms with Crippen LogP contribution < -0.4 is 37.9 Å². The highest BCUT2D eigenvalue weighted by Crippen LogP contribution is 2.50. The second kappa shape index (κ2) is 12.4. The van der Waals surface area contributed by atoms with Crippen LogP contribution >= 0.6 is 0 Å². The van der Waals surface area contributed by atoms with Crippen LogP contribution in [-0.2, 0) is 20.9 Å². The number of fused-ring (bicyclic) bond motifs is 2. The molecule has 11 heteroatoms. The number of carbonyl (C=O) groups is 2. The highest BCUT2D eigenvalue weighted by Gasteiger charge is 2.41. The van der Waals surface area contributed by atoms with Gasteiger partial charge in [-0.3, -0.25) is 9.59 Å². The number of hydrogen-bond donors (Lipinski definition) is 0. The molecule has 0 aromatic heterocycles. The van der Waals surface area contributed by atoms with E-state index < -0.39 is 17.8 Å². The largest absolute Gasteiger partial charge is 0.493 e. The molecule has 5 rings (SSSR count). The molecule has 3 aromatic carbocycles. The summed E-state index contributed by atoms with van der Waals surface area (Å²) in [5.74, 6) is 1.19. The zero-order valence-electron chi connectivity index (χ0n) is 24.7. The molecule has 0 radical (unpaired) electrons. The molecule has 3 aromatic rings. The molecular weight excluding hydrogens is 560 g/mol. The van der Waals surface area contributed by atoms with Gasteiger partial charge in [-0.15, -0.1) is 0 Å². The Bertz CT molecular complexity index is 1530. The van der Waals surface area contributed by atoms with E-state index in [1.165, 1.54) is 42.7 Å². The van der Waals surface area contributed by atoms with Gasteiger partial charge in [0.15, 0.2) is 34.5 Å². The van der Waals surface area contributed by atoms with E-state index in [4.69, 9.17) is 42.6 Å². The van der Waals surface area contributed by atoms with Crippen molar-refractivity contribution < 1.29 is 52.2 Å². The third-order valence-corrected chi connectivity index (χ3v) is 7.47. The molecule has 1 aliphatic carbocycles. The molecule has 0 spiro atoms. The predicted molar refractivity (Wildman–Crippen MR) is 154 cm³/mol. The number of methoxy groups -OCH3 is 6. The maximum absolute atomic E-state index is 14.0. The Morgan fingerprint density at radius 3 is 1.81 bits per heavy atom. The van der Waals surface area contributed by atoms with Gasteiger partial charge in [-0.05, 0) is 64.7 Å². The summed E-state index contributed by atoms with van der Waals surface area (Å²) < 4.78 is 50.1. The van der Waals surface area contributed by atoms with E-state index in [-0.39, 0.29) is 19.0 Å². The van der Waals surface area contributed by atoms with Gasteiger partial charge >= 0.3 is 5.97 Å². The summed E-state index contributed by atoms with van der Waals surface area (Å²) in [7, 11) is 9.03. The topological polar surface area (TPSA) is 117 Å². The predicted octanol–water partition coefficient (Wildman–Crippen LogP) is 4.55. The molecule has 1 aliphatic heterocycles. The molecule has 1 heterocycles. The van der Waals surface area contributed by atoms with Crippen molar-refractivity contribution in [1.29, 1.82) is 0 Å². The molecule has 0 amide bonds. The monoisotopic (exact) mass is 592 g/mol. The number of ether oxygens (including phenoxy) is 9. The highest BCUT2D eigenvalue weighted by atomic mass is 16.7. The Morgan fingerprint density at radius 1 is 0.767 bits per heavy atom. The lowest BCUT2D eigenvalue weighted by Gasteiger charge is -2.32. The van der Waals surface area contributed by atoms with E-state index in [0.29, 0.717) is 69.0 Å². The maximum atomic E-state index is 14.0. The number of rotatable bonds is 11. The molecule has 0 unspecified atom stereocenters. The lowest BCUT2D eigenvalue weighted by molar-refractivity contribution is -0.149. The van der Waals surface area contributed by atoms with Gasteiger partial charge in [-0.2, -0.15) is 0 Å². The molecule has 11 nitrogen and oxygen atoms in total. The number of benzene rings is 3. The van der Waals surface area contributed by atoms with Crippen molar-refractivity contribution >= 4 is 18.3 Å². The summed E-state index contributed by atoms with van der Waals surface area (Å²) in [4.78, 5) is 26.5. The molecule has 2 aliphatic rings. The Balaban J connectivity index is 1.60. The van der Waals surface area contributed by atoms with E-state index in [1.54, 1.807) is 36.4 Å². The van der Waals surface area contributed by atoms with Crippen molar-refractivity contribution in [3.05, 3.63) is 64.2 Å². The SMILES string of the molecule is COc1cc(COC(=O)[C@@H]2C(C=O)=Cc3cc4c(cc3[C@H]2c2cc(OC)c(OC)c(OC)c2)OCO4)cc(OC)c1OC. The van der Waals surface area contributed by atoms with E-state index in [1.807, 2.05) is 6.07 Å². The fraction of sp³-hybridized carbons (Fsp3) is 0.312. The minimum absolute atomic E-state index is 0.0670. The van der Waals surface area contributed by atoms with E-state index >= 15 is 0 Å². The zero-order valence-corrected chi connectivity index (χ0v) is 24.7. The van der Waals surface area contributed by atoms with Crippen LogP contribution in [0.3, 0.4) is 0 Å². The Hall–Kier alpha value is -5.06. The quantitative estimate of drug-likeness (QED) is 0.231. The molecular formula is C32H32O11. The van der Waals surface area contributed by atoms with Gasteiger partial charge in [0.05, 0.1) is 48.6 Å². The minimum Gasteiger partial charge on any atom is -0.493 e. The van der Waals surface area contributed by atoms with Crippen molar-refractivity contribution in [2.24, 2.45) is 5.92 Å². The van der Waals surface area contributed by atoms with E-state index in [9.17, 15) is 9.59 Å². The smallest absolute Gasteiger partial charge is 0.314 e. The molecule has 0 N–H and O–H groups in total. The highest BCUT2D eigenvalue weighted by molar-refractivity contribution is 5.95. The van der Waals surface area contributed by atoms with Crippen molar-refractivity contribution in [3.8, 4) is 46.0 Å². The van der Waals surface area contributed by atoms with Crippen molar-refractivity contribution in [1.82, 2.24) is 0 Å². The average Bonchev–Trinajstić information content (AvgIpc) is 3.51. The summed E-state index contributed by atoms with van der Waals surface area (Å²) in [5.41, 5.74) is 2.91. The summed E-state index contributed by atoms with van der Waals surface area (Å²) in [6.45, 7) is -0.0499. The third kappa shape index (κ3) is 5.33. The molecule has 0 fully saturated rings. The minimum atomic E-state index is -1.02. The van der Waals surface area contributed by atoms with Gasteiger partial charge in [0.25, 0.3) is 0 Å². The zero-order chi connectivity index (χ0) is 30.7. The summed E-state index contributed by atoms with van der Waals surface area (Å²) >= 11 is 0. The van der Waals surface area contributed by atoms with Crippen LogP contribution in [0.5, 0.6) is 46.0 Å². The van der Waals surface area contributed by atoms with E-state index in [0.717, 1.165) is 5.56 Å². The number of carbonyl (C=O) groups excluding carboxylic acids is 2. The second-order valence-electron chi connectivity index (χ2n) is 9.65. The first-order valence-electron chi connectivity index (χ1n) is 13.3. The molecule has 43 heavy (non-hydrogen) atoms. The first kappa shape index (κ1) is 29.4. The Labute approximate surface area is 248 Å². The molecule has 2 atom stereocenters. The Morgan fingerprint density at radius 2 is 1.30 bits per heavy atom. The van der Waals surface area contributed by atoms with Crippen LogP contribution in [0.1, 0.15) is 28.2 Å².